The van der Waals surface area contributed by atoms with Gasteiger partial charge in [-0.1, -0.05) is 60.7 Å². The first-order valence-electron chi connectivity index (χ1n) is 8.66. The van der Waals surface area contributed by atoms with E-state index in [4.69, 9.17) is 9.72 Å². The van der Waals surface area contributed by atoms with Crippen LogP contribution in [-0.2, 0) is 0 Å². The van der Waals surface area contributed by atoms with E-state index in [-0.39, 0.29) is 5.91 Å². The molecule has 3 aromatic carbocycles. The van der Waals surface area contributed by atoms with E-state index in [1.165, 1.54) is 0 Å². The topological polar surface area (TPSA) is 51.2 Å². The molecule has 1 amide bonds. The number of fused-ring (bicyclic) bond motifs is 1. The summed E-state index contributed by atoms with van der Waals surface area (Å²) >= 11 is 0. The standard InChI is InChI=1S/C23H18N2O2/c1-27-22-14-8-7-13-20(22)25-23(26)18-15-21(16-9-3-2-4-10-16)24-19-12-6-5-11-17(18)19/h2-15H,1H3,(H,25,26). The summed E-state index contributed by atoms with van der Waals surface area (Å²) in [5.41, 5.74) is 3.72. The lowest BCUT2D eigenvalue weighted by Crippen LogP contribution is -2.13. The number of methoxy groups -OCH3 is 1. The molecule has 0 aliphatic rings. The maximum atomic E-state index is 13.1. The minimum absolute atomic E-state index is 0.199. The summed E-state index contributed by atoms with van der Waals surface area (Å²) in [6.45, 7) is 0. The van der Waals surface area contributed by atoms with Crippen LogP contribution in [0.3, 0.4) is 0 Å². The van der Waals surface area contributed by atoms with Gasteiger partial charge in [-0.2, -0.15) is 0 Å². The molecule has 132 valence electrons. The number of para-hydroxylation sites is 3. The van der Waals surface area contributed by atoms with Crippen molar-refractivity contribution in [2.75, 3.05) is 12.4 Å². The van der Waals surface area contributed by atoms with Gasteiger partial charge >= 0.3 is 0 Å². The van der Waals surface area contributed by atoms with Crippen LogP contribution in [0.25, 0.3) is 22.2 Å². The van der Waals surface area contributed by atoms with Gasteiger partial charge in [-0.15, -0.1) is 0 Å². The van der Waals surface area contributed by atoms with Crippen LogP contribution in [0.4, 0.5) is 5.69 Å². The zero-order valence-electron chi connectivity index (χ0n) is 14.8. The van der Waals surface area contributed by atoms with Crippen LogP contribution in [0.15, 0.2) is 84.9 Å². The molecule has 0 spiro atoms. The molecule has 1 aromatic heterocycles. The molecule has 4 nitrogen and oxygen atoms in total. The molecule has 0 atom stereocenters. The van der Waals surface area contributed by atoms with Gasteiger partial charge in [0.15, 0.2) is 0 Å². The van der Waals surface area contributed by atoms with E-state index in [2.05, 4.69) is 5.32 Å². The molecule has 0 bridgehead atoms. The van der Waals surface area contributed by atoms with E-state index >= 15 is 0 Å². The number of amides is 1. The molecular weight excluding hydrogens is 336 g/mol. The van der Waals surface area contributed by atoms with Crippen LogP contribution in [0.5, 0.6) is 5.75 Å². The van der Waals surface area contributed by atoms with Crippen molar-refractivity contribution in [1.82, 2.24) is 4.98 Å². The van der Waals surface area contributed by atoms with Crippen LogP contribution in [0.2, 0.25) is 0 Å². The number of carbonyl (C=O) groups is 1. The molecule has 0 unspecified atom stereocenters. The highest BCUT2D eigenvalue weighted by atomic mass is 16.5. The lowest BCUT2D eigenvalue weighted by molar-refractivity contribution is 0.102. The Hall–Kier alpha value is -3.66. The maximum Gasteiger partial charge on any atom is 0.256 e. The zero-order chi connectivity index (χ0) is 18.6. The van der Waals surface area contributed by atoms with Gasteiger partial charge in [0.25, 0.3) is 5.91 Å². The largest absolute Gasteiger partial charge is 0.495 e. The number of ether oxygens (including phenoxy) is 1. The average molecular weight is 354 g/mol. The minimum atomic E-state index is -0.199. The van der Waals surface area contributed by atoms with Crippen molar-refractivity contribution < 1.29 is 9.53 Å². The lowest BCUT2D eigenvalue weighted by Gasteiger charge is -2.12. The van der Waals surface area contributed by atoms with E-state index in [9.17, 15) is 4.79 Å². The monoisotopic (exact) mass is 354 g/mol. The van der Waals surface area contributed by atoms with Crippen molar-refractivity contribution in [3.8, 4) is 17.0 Å². The van der Waals surface area contributed by atoms with Crippen molar-refractivity contribution in [2.45, 2.75) is 0 Å². The first-order chi connectivity index (χ1) is 13.3. The van der Waals surface area contributed by atoms with Gasteiger partial charge in [0, 0.05) is 10.9 Å². The lowest BCUT2D eigenvalue weighted by atomic mass is 10.0. The Morgan fingerprint density at radius 1 is 0.889 bits per heavy atom. The molecule has 0 fully saturated rings. The fraction of sp³-hybridized carbons (Fsp3) is 0.0435. The maximum absolute atomic E-state index is 13.1. The summed E-state index contributed by atoms with van der Waals surface area (Å²) in [6, 6.07) is 26.7. The zero-order valence-corrected chi connectivity index (χ0v) is 14.8. The Kier molecular flexibility index (Phi) is 4.54. The predicted octanol–water partition coefficient (Wildman–Crippen LogP) is 5.16. The Bertz CT molecular complexity index is 1110. The van der Waals surface area contributed by atoms with Crippen LogP contribution in [0, 0.1) is 0 Å². The van der Waals surface area contributed by atoms with Gasteiger partial charge in [-0.25, -0.2) is 4.98 Å². The third-order valence-corrected chi connectivity index (χ3v) is 4.39. The van der Waals surface area contributed by atoms with Crippen LogP contribution in [0.1, 0.15) is 10.4 Å². The van der Waals surface area contributed by atoms with Crippen LogP contribution in [-0.4, -0.2) is 18.0 Å². The van der Waals surface area contributed by atoms with Gasteiger partial charge in [0.1, 0.15) is 5.75 Å². The molecule has 0 aliphatic carbocycles. The molecule has 27 heavy (non-hydrogen) atoms. The summed E-state index contributed by atoms with van der Waals surface area (Å²) in [4.78, 5) is 17.8. The molecule has 1 heterocycles. The second kappa shape index (κ2) is 7.30. The summed E-state index contributed by atoms with van der Waals surface area (Å²) < 4.78 is 5.34. The second-order valence-electron chi connectivity index (χ2n) is 6.09. The molecule has 4 rings (SSSR count). The number of hydrogen-bond donors (Lipinski definition) is 1. The fourth-order valence-electron chi connectivity index (χ4n) is 3.06. The number of hydrogen-bond acceptors (Lipinski definition) is 3. The van der Waals surface area contributed by atoms with E-state index in [0.29, 0.717) is 17.0 Å². The van der Waals surface area contributed by atoms with Gasteiger partial charge in [0.2, 0.25) is 0 Å². The van der Waals surface area contributed by atoms with E-state index in [1.54, 1.807) is 7.11 Å². The number of rotatable bonds is 4. The number of anilines is 1. The van der Waals surface area contributed by atoms with Gasteiger partial charge in [-0.3, -0.25) is 4.79 Å². The van der Waals surface area contributed by atoms with Crippen molar-refractivity contribution in [1.29, 1.82) is 0 Å². The van der Waals surface area contributed by atoms with Crippen molar-refractivity contribution in [3.63, 3.8) is 0 Å². The number of nitrogens with zero attached hydrogens (tertiary/aromatic N) is 1. The Labute approximate surface area is 157 Å². The Morgan fingerprint density at radius 2 is 1.59 bits per heavy atom. The smallest absolute Gasteiger partial charge is 0.256 e. The third-order valence-electron chi connectivity index (χ3n) is 4.39. The highest BCUT2D eigenvalue weighted by Crippen LogP contribution is 2.28. The summed E-state index contributed by atoms with van der Waals surface area (Å²) in [7, 11) is 1.58. The number of nitrogens with one attached hydrogen (secondary N) is 1. The Balaban J connectivity index is 1.81. The average Bonchev–Trinajstić information content (AvgIpc) is 2.74. The number of pyridine rings is 1. The van der Waals surface area contributed by atoms with Gasteiger partial charge < -0.3 is 10.1 Å². The van der Waals surface area contributed by atoms with Crippen molar-refractivity contribution >= 4 is 22.5 Å². The number of aromatic nitrogens is 1. The SMILES string of the molecule is COc1ccccc1NC(=O)c1cc(-c2ccccc2)nc2ccccc12. The van der Waals surface area contributed by atoms with Gasteiger partial charge in [0.05, 0.1) is 29.6 Å². The number of carbonyl (C=O) groups excluding carboxylic acids is 1. The molecule has 1 N–H and O–H groups in total. The number of benzene rings is 3. The molecule has 0 aliphatic heterocycles. The molecule has 0 saturated heterocycles. The van der Waals surface area contributed by atoms with Gasteiger partial charge in [-0.05, 0) is 24.3 Å². The first-order valence-corrected chi connectivity index (χ1v) is 8.66. The molecular formula is C23H18N2O2. The predicted molar refractivity (Wildman–Crippen MR) is 108 cm³/mol. The van der Waals surface area contributed by atoms with Crippen LogP contribution >= 0.6 is 0 Å². The molecule has 0 radical (unpaired) electrons. The molecule has 4 aromatic rings. The second-order valence-corrected chi connectivity index (χ2v) is 6.09. The highest BCUT2D eigenvalue weighted by molar-refractivity contribution is 6.13. The summed E-state index contributed by atoms with van der Waals surface area (Å²) in [6.07, 6.45) is 0. The normalized spacial score (nSPS) is 10.6. The third kappa shape index (κ3) is 3.37. The summed E-state index contributed by atoms with van der Waals surface area (Å²) in [5.74, 6) is 0.419. The minimum Gasteiger partial charge on any atom is -0.495 e. The van der Waals surface area contributed by atoms with E-state index in [0.717, 1.165) is 22.2 Å². The first kappa shape index (κ1) is 16.8. The van der Waals surface area contributed by atoms with Crippen molar-refractivity contribution in [2.24, 2.45) is 0 Å². The molecule has 4 heteroatoms. The summed E-state index contributed by atoms with van der Waals surface area (Å²) in [5, 5.41) is 3.77. The fourth-order valence-corrected chi connectivity index (χ4v) is 3.06. The van der Waals surface area contributed by atoms with E-state index < -0.39 is 0 Å². The van der Waals surface area contributed by atoms with Crippen molar-refractivity contribution in [3.05, 3.63) is 90.5 Å². The highest BCUT2D eigenvalue weighted by Gasteiger charge is 2.15. The Morgan fingerprint density at radius 3 is 2.41 bits per heavy atom. The van der Waals surface area contributed by atoms with E-state index in [1.807, 2.05) is 84.9 Å². The quantitative estimate of drug-likeness (QED) is 0.550. The molecule has 0 saturated carbocycles. The van der Waals surface area contributed by atoms with Crippen LogP contribution < -0.4 is 10.1 Å².